The Labute approximate surface area is 299 Å². The van der Waals surface area contributed by atoms with Crippen LogP contribution in [0.5, 0.6) is 0 Å². The number of nitrogens with zero attached hydrogens (tertiary/aromatic N) is 4. The molecule has 1 aromatic heterocycles. The zero-order valence-corrected chi connectivity index (χ0v) is 29.7. The van der Waals surface area contributed by atoms with Crippen molar-refractivity contribution in [2.75, 3.05) is 18.1 Å². The number of fused-ring (bicyclic) bond motifs is 1. The van der Waals surface area contributed by atoms with Crippen molar-refractivity contribution in [1.82, 2.24) is 30.5 Å². The minimum atomic E-state index is -1.77. The summed E-state index contributed by atoms with van der Waals surface area (Å²) in [6.45, 7) is 3.14. The van der Waals surface area contributed by atoms with Gasteiger partial charge >= 0.3 is 0 Å². The molecule has 2 unspecified atom stereocenters. The lowest BCUT2D eigenvalue weighted by atomic mass is 9.84. The summed E-state index contributed by atoms with van der Waals surface area (Å²) in [6, 6.07) is 10.2. The summed E-state index contributed by atoms with van der Waals surface area (Å²) in [6.07, 6.45) is 6.73. The summed E-state index contributed by atoms with van der Waals surface area (Å²) in [7, 11) is 0. The second kappa shape index (κ2) is 14.7. The van der Waals surface area contributed by atoms with E-state index in [1.165, 1.54) is 15.8 Å². The number of likely N-dealkylation sites (tertiary alicyclic amines) is 1. The number of carbonyl (C=O) groups is 5. The fourth-order valence-electron chi connectivity index (χ4n) is 7.78. The maximum atomic E-state index is 14.8. The zero-order valence-electron chi connectivity index (χ0n) is 28.9. The van der Waals surface area contributed by atoms with E-state index in [-0.39, 0.29) is 36.8 Å². The highest BCUT2D eigenvalue weighted by Crippen LogP contribution is 2.34. The number of Topliss-reactive ketones (excluding diaryl/α,β-unsaturated/α-hetero) is 1. The number of nitrogens with two attached hydrogens (primary N) is 1. The zero-order chi connectivity index (χ0) is 36.5. The molecule has 272 valence electrons. The van der Waals surface area contributed by atoms with Crippen molar-refractivity contribution >= 4 is 51.4 Å². The van der Waals surface area contributed by atoms with Crippen molar-refractivity contribution in [3.05, 3.63) is 59.9 Å². The Morgan fingerprint density at radius 1 is 1.10 bits per heavy atom. The van der Waals surface area contributed by atoms with Crippen LogP contribution in [0.25, 0.3) is 10.8 Å². The maximum Gasteiger partial charge on any atom is 0.287 e. The molecule has 0 spiro atoms. The number of amides is 4. The van der Waals surface area contributed by atoms with E-state index in [9.17, 15) is 33.6 Å². The standard InChI is InChI=1S/C36H45N7O7S/c1-35(2,49)29-19-38-41-43(29)26-18-28(33(47)40-36(30(44)31(37)45)14-15-51(50)21-36)42(20-26)34(48)27(16-22-8-4-3-5-9-22)39-32(46)25-13-12-23-10-6-7-11-24(23)17-25/h6-7,10-13,17,19,22,26-28,49H,3-5,8-9,14-16,18,20-21H2,1-2H3,(H2,37,45)(H,39,46)(H,40,47)/t26-,27-,28+,36?,51?/m1/s1. The number of carbonyl (C=O) groups excluding carboxylic acids is 5. The van der Waals surface area contributed by atoms with Gasteiger partial charge in [0.1, 0.15) is 29.2 Å². The Morgan fingerprint density at radius 2 is 1.82 bits per heavy atom. The molecular formula is C36H45N7O7S. The van der Waals surface area contributed by atoms with Gasteiger partial charge < -0.3 is 30.9 Å². The van der Waals surface area contributed by atoms with Gasteiger partial charge in [0.15, 0.2) is 5.54 Å². The lowest BCUT2D eigenvalue weighted by Gasteiger charge is -2.33. The highest BCUT2D eigenvalue weighted by atomic mass is 32.2. The minimum Gasteiger partial charge on any atom is -0.616 e. The topological polar surface area (TPSA) is 213 Å². The summed E-state index contributed by atoms with van der Waals surface area (Å²) in [5.41, 5.74) is 3.01. The Bertz CT molecular complexity index is 1820. The molecule has 0 radical (unpaired) electrons. The van der Waals surface area contributed by atoms with Gasteiger partial charge in [0.25, 0.3) is 11.8 Å². The number of benzene rings is 2. The highest BCUT2D eigenvalue weighted by Gasteiger charge is 2.54. The minimum absolute atomic E-state index is 0.0148. The Kier molecular flexibility index (Phi) is 10.5. The summed E-state index contributed by atoms with van der Waals surface area (Å²) in [4.78, 5) is 69.3. The van der Waals surface area contributed by atoms with Gasteiger partial charge in [-0.3, -0.25) is 24.0 Å². The van der Waals surface area contributed by atoms with Crippen molar-refractivity contribution in [1.29, 1.82) is 0 Å². The quantitative estimate of drug-likeness (QED) is 0.167. The second-order valence-electron chi connectivity index (χ2n) is 14.6. The molecule has 2 aliphatic heterocycles. The van der Waals surface area contributed by atoms with E-state index >= 15 is 0 Å². The van der Waals surface area contributed by atoms with Gasteiger partial charge in [-0.05, 0) is 49.1 Å². The average Bonchev–Trinajstić information content (AvgIpc) is 3.86. The molecular weight excluding hydrogens is 675 g/mol. The van der Waals surface area contributed by atoms with E-state index in [2.05, 4.69) is 20.9 Å². The van der Waals surface area contributed by atoms with Crippen LogP contribution in [0.2, 0.25) is 0 Å². The van der Waals surface area contributed by atoms with Gasteiger partial charge in [0.2, 0.25) is 17.6 Å². The number of rotatable bonds is 11. The van der Waals surface area contributed by atoms with Crippen molar-refractivity contribution in [3.8, 4) is 0 Å². The number of nitrogens with one attached hydrogen (secondary N) is 2. The molecule has 4 amide bonds. The fraction of sp³-hybridized carbons (Fsp3) is 0.528. The molecule has 6 rings (SSSR count). The molecule has 3 aliphatic rings. The first kappa shape index (κ1) is 36.5. The van der Waals surface area contributed by atoms with Crippen LogP contribution >= 0.6 is 0 Å². The number of hydrogen-bond donors (Lipinski definition) is 4. The normalized spacial score (nSPS) is 24.7. The number of aromatic nitrogens is 3. The molecule has 14 nitrogen and oxygen atoms in total. The van der Waals surface area contributed by atoms with E-state index in [0.29, 0.717) is 17.7 Å². The summed E-state index contributed by atoms with van der Waals surface area (Å²) >= 11 is -1.48. The van der Waals surface area contributed by atoms with Crippen molar-refractivity contribution < 1.29 is 33.6 Å². The van der Waals surface area contributed by atoms with Gasteiger partial charge in [-0.15, -0.1) is 5.10 Å². The molecule has 0 bridgehead atoms. The van der Waals surface area contributed by atoms with Gasteiger partial charge in [-0.25, -0.2) is 4.68 Å². The maximum absolute atomic E-state index is 14.8. The van der Waals surface area contributed by atoms with Crippen LogP contribution in [-0.4, -0.2) is 94.6 Å². The third-order valence-corrected chi connectivity index (χ3v) is 12.0. The van der Waals surface area contributed by atoms with Crippen molar-refractivity contribution in [2.45, 2.75) is 94.5 Å². The number of ketones is 1. The second-order valence-corrected chi connectivity index (χ2v) is 16.2. The predicted molar refractivity (Wildman–Crippen MR) is 188 cm³/mol. The van der Waals surface area contributed by atoms with Gasteiger partial charge in [-0.1, -0.05) is 78.8 Å². The Hall–Kier alpha value is -4.34. The van der Waals surface area contributed by atoms with Gasteiger partial charge in [0.05, 0.1) is 17.9 Å². The third-order valence-electron chi connectivity index (χ3n) is 10.5. The first-order valence-corrected chi connectivity index (χ1v) is 19.0. The monoisotopic (exact) mass is 719 g/mol. The number of hydrogen-bond acceptors (Lipinski definition) is 9. The fourth-order valence-corrected chi connectivity index (χ4v) is 9.40. The smallest absolute Gasteiger partial charge is 0.287 e. The van der Waals surface area contributed by atoms with Gasteiger partial charge in [-0.2, -0.15) is 0 Å². The molecule has 3 heterocycles. The molecule has 3 fully saturated rings. The lowest BCUT2D eigenvalue weighted by Crippen LogP contribution is -2.63. The molecule has 1 saturated carbocycles. The molecule has 51 heavy (non-hydrogen) atoms. The van der Waals surface area contributed by atoms with E-state index < -0.39 is 69.9 Å². The van der Waals surface area contributed by atoms with Crippen LogP contribution in [0.3, 0.4) is 0 Å². The third kappa shape index (κ3) is 7.80. The Morgan fingerprint density at radius 3 is 2.49 bits per heavy atom. The summed E-state index contributed by atoms with van der Waals surface area (Å²) < 4.78 is 14.0. The van der Waals surface area contributed by atoms with Crippen molar-refractivity contribution in [2.24, 2.45) is 11.7 Å². The molecule has 1 aliphatic carbocycles. The highest BCUT2D eigenvalue weighted by molar-refractivity contribution is 7.91. The van der Waals surface area contributed by atoms with E-state index in [4.69, 9.17) is 5.73 Å². The molecule has 3 aromatic rings. The molecule has 2 aromatic carbocycles. The van der Waals surface area contributed by atoms with Crippen molar-refractivity contribution in [3.63, 3.8) is 0 Å². The van der Waals surface area contributed by atoms with Gasteiger partial charge in [0, 0.05) is 24.9 Å². The van der Waals surface area contributed by atoms with Crippen LogP contribution in [0, 0.1) is 5.92 Å². The first-order chi connectivity index (χ1) is 24.3. The molecule has 5 atom stereocenters. The van der Waals surface area contributed by atoms with Crippen LogP contribution in [0.15, 0.2) is 48.7 Å². The summed E-state index contributed by atoms with van der Waals surface area (Å²) in [5, 5.41) is 26.6. The largest absolute Gasteiger partial charge is 0.616 e. The van der Waals surface area contributed by atoms with Crippen LogP contribution in [0.4, 0.5) is 0 Å². The van der Waals surface area contributed by atoms with E-state index in [1.807, 2.05) is 30.3 Å². The van der Waals surface area contributed by atoms with E-state index in [1.54, 1.807) is 26.0 Å². The van der Waals surface area contributed by atoms with Crippen LogP contribution < -0.4 is 16.4 Å². The van der Waals surface area contributed by atoms with E-state index in [0.717, 1.165) is 42.9 Å². The molecule has 5 N–H and O–H groups in total. The number of primary amides is 1. The number of aliphatic hydroxyl groups is 1. The van der Waals surface area contributed by atoms with Crippen LogP contribution in [-0.2, 0) is 36.0 Å². The average molecular weight is 720 g/mol. The van der Waals surface area contributed by atoms with Crippen LogP contribution in [0.1, 0.15) is 87.3 Å². The molecule has 15 heteroatoms. The SMILES string of the molecule is CC(C)(O)c1cnnn1[C@@H]1C[C@@H](C(=O)NC2(C(=O)C(N)=O)CC[S+]([O-])C2)N(C(=O)[C@@H](CC2CCCCC2)NC(=O)c2ccc3ccccc3c2)C1. The Balaban J connectivity index is 1.33. The lowest BCUT2D eigenvalue weighted by molar-refractivity contribution is -0.144. The molecule has 2 saturated heterocycles. The summed E-state index contributed by atoms with van der Waals surface area (Å²) in [5.74, 6) is -3.94. The first-order valence-electron chi connectivity index (χ1n) is 17.5. The predicted octanol–water partition coefficient (Wildman–Crippen LogP) is 1.63.